The number of fused-ring (bicyclic) bond motifs is 3. The van der Waals surface area contributed by atoms with Gasteiger partial charge in [-0.15, -0.1) is 0 Å². The molecule has 0 amide bonds. The molecule has 1 aliphatic carbocycles. The van der Waals surface area contributed by atoms with Crippen molar-refractivity contribution in [1.82, 2.24) is 4.98 Å². The van der Waals surface area contributed by atoms with Crippen LogP contribution >= 0.6 is 0 Å². The van der Waals surface area contributed by atoms with E-state index in [1.54, 1.807) is 7.11 Å². The van der Waals surface area contributed by atoms with Crippen LogP contribution in [0.5, 0.6) is 5.75 Å². The third-order valence-corrected chi connectivity index (χ3v) is 3.85. The van der Waals surface area contributed by atoms with E-state index in [0.29, 0.717) is 0 Å². The third kappa shape index (κ3) is 3.13. The van der Waals surface area contributed by atoms with Gasteiger partial charge in [0.25, 0.3) is 0 Å². The number of aromatic amines is 1. The number of rotatable bonds is 1. The number of hydrogen-bond acceptors (Lipinski definition) is 3. The Labute approximate surface area is 139 Å². The molecule has 1 N–H and O–H groups in total. The number of nitrogens with one attached hydrogen (secondary N) is 1. The summed E-state index contributed by atoms with van der Waals surface area (Å²) in [6.07, 6.45) is 5.01. The van der Waals surface area contributed by atoms with Gasteiger partial charge in [0.1, 0.15) is 5.75 Å². The van der Waals surface area contributed by atoms with E-state index in [9.17, 15) is 9.59 Å². The zero-order chi connectivity index (χ0) is 17.1. The van der Waals surface area contributed by atoms with E-state index in [0.717, 1.165) is 11.3 Å². The Morgan fingerprint density at radius 3 is 2.08 bits per heavy atom. The number of hydrogen-bond donors (Lipinski definition) is 1. The van der Waals surface area contributed by atoms with E-state index in [-0.39, 0.29) is 11.6 Å². The number of carbonyl (C=O) groups is 2. The fourth-order valence-electron chi connectivity index (χ4n) is 2.65. The van der Waals surface area contributed by atoms with Gasteiger partial charge in [0.05, 0.1) is 7.11 Å². The molecule has 3 aromatic rings. The topological polar surface area (TPSA) is 59.2 Å². The first-order valence-corrected chi connectivity index (χ1v) is 7.57. The second-order valence-electron chi connectivity index (χ2n) is 5.51. The number of para-hydroxylation sites is 1. The van der Waals surface area contributed by atoms with E-state index in [4.69, 9.17) is 4.74 Å². The first kappa shape index (κ1) is 15.7. The number of carbonyl (C=O) groups excluding carboxylic acids is 2. The molecule has 0 saturated heterocycles. The molecule has 4 heteroatoms. The standard InChI is InChI=1S/C14H13NO.C6H4O2/c1-9-7-13-11(8-14(9)16-2)10-5-3-4-6-12(10)15-13;7-5-1-2-6(8)4-3-5/h3-8,15H,1-2H3;1-4H. The predicted molar refractivity (Wildman–Crippen MR) is 95.4 cm³/mol. The molecule has 0 radical (unpaired) electrons. The van der Waals surface area contributed by atoms with Gasteiger partial charge in [-0.3, -0.25) is 9.59 Å². The van der Waals surface area contributed by atoms with Gasteiger partial charge in [-0.2, -0.15) is 0 Å². The maximum atomic E-state index is 10.3. The predicted octanol–water partition coefficient (Wildman–Crippen LogP) is 3.89. The first-order valence-electron chi connectivity index (χ1n) is 7.57. The molecule has 0 aliphatic heterocycles. The zero-order valence-electron chi connectivity index (χ0n) is 13.5. The Balaban J connectivity index is 0.000000179. The minimum Gasteiger partial charge on any atom is -0.496 e. The number of aryl methyl sites for hydroxylation is 1. The molecular formula is C20H17NO3. The van der Waals surface area contributed by atoms with Crippen molar-refractivity contribution >= 4 is 33.4 Å². The van der Waals surface area contributed by atoms with Crippen molar-refractivity contribution in [3.63, 3.8) is 0 Å². The number of aromatic nitrogens is 1. The van der Waals surface area contributed by atoms with Gasteiger partial charge in [0.15, 0.2) is 11.6 Å². The molecular weight excluding hydrogens is 302 g/mol. The van der Waals surface area contributed by atoms with Crippen LogP contribution in [0.4, 0.5) is 0 Å². The molecule has 1 heterocycles. The van der Waals surface area contributed by atoms with Crippen molar-refractivity contribution in [3.05, 3.63) is 66.3 Å². The van der Waals surface area contributed by atoms with Crippen LogP contribution in [0.15, 0.2) is 60.7 Å². The van der Waals surface area contributed by atoms with Crippen molar-refractivity contribution in [3.8, 4) is 5.75 Å². The summed E-state index contributed by atoms with van der Waals surface area (Å²) >= 11 is 0. The van der Waals surface area contributed by atoms with Crippen LogP contribution in [0.3, 0.4) is 0 Å². The van der Waals surface area contributed by atoms with Gasteiger partial charge in [0, 0.05) is 21.8 Å². The van der Waals surface area contributed by atoms with Crippen LogP contribution in [0.25, 0.3) is 21.8 Å². The van der Waals surface area contributed by atoms with Gasteiger partial charge < -0.3 is 9.72 Å². The van der Waals surface area contributed by atoms with Crippen molar-refractivity contribution in [2.75, 3.05) is 7.11 Å². The second-order valence-corrected chi connectivity index (χ2v) is 5.51. The van der Waals surface area contributed by atoms with E-state index in [2.05, 4.69) is 42.2 Å². The van der Waals surface area contributed by atoms with Gasteiger partial charge in [-0.1, -0.05) is 18.2 Å². The molecule has 0 spiro atoms. The number of methoxy groups -OCH3 is 1. The number of allylic oxidation sites excluding steroid dienone is 4. The lowest BCUT2D eigenvalue weighted by molar-refractivity contribution is -0.113. The average molecular weight is 319 g/mol. The molecule has 4 nitrogen and oxygen atoms in total. The smallest absolute Gasteiger partial charge is 0.178 e. The van der Waals surface area contributed by atoms with Crippen LogP contribution in [-0.4, -0.2) is 23.7 Å². The summed E-state index contributed by atoms with van der Waals surface area (Å²) < 4.78 is 5.36. The molecule has 0 unspecified atom stereocenters. The molecule has 0 saturated carbocycles. The van der Waals surface area contributed by atoms with Crippen LogP contribution in [0.2, 0.25) is 0 Å². The summed E-state index contributed by atoms with van der Waals surface area (Å²) in [6.45, 7) is 2.06. The van der Waals surface area contributed by atoms with Crippen LogP contribution in [0.1, 0.15) is 5.56 Å². The monoisotopic (exact) mass is 319 g/mol. The fraction of sp³-hybridized carbons (Fsp3) is 0.100. The summed E-state index contributed by atoms with van der Waals surface area (Å²) in [5, 5.41) is 2.47. The van der Waals surface area contributed by atoms with Gasteiger partial charge in [-0.05, 0) is 55.0 Å². The maximum Gasteiger partial charge on any atom is 0.178 e. The highest BCUT2D eigenvalue weighted by atomic mass is 16.5. The normalized spacial score (nSPS) is 13.2. The molecule has 4 rings (SSSR count). The molecule has 0 atom stereocenters. The minimum absolute atomic E-state index is 0.121. The quantitative estimate of drug-likeness (QED) is 0.692. The SMILES string of the molecule is COc1cc2c(cc1C)[nH]c1ccccc12.O=C1C=CC(=O)C=C1. The molecule has 1 aliphatic rings. The molecule has 2 aromatic carbocycles. The van der Waals surface area contributed by atoms with Crippen LogP contribution < -0.4 is 4.74 Å². The number of H-pyrrole nitrogens is 1. The van der Waals surface area contributed by atoms with E-state index < -0.39 is 0 Å². The van der Waals surface area contributed by atoms with Crippen molar-refractivity contribution in [2.24, 2.45) is 0 Å². The third-order valence-electron chi connectivity index (χ3n) is 3.85. The highest BCUT2D eigenvalue weighted by molar-refractivity contribution is 6.14. The van der Waals surface area contributed by atoms with E-state index >= 15 is 0 Å². The summed E-state index contributed by atoms with van der Waals surface area (Å²) in [5.74, 6) is 0.700. The average Bonchev–Trinajstić information content (AvgIpc) is 2.94. The van der Waals surface area contributed by atoms with Gasteiger partial charge in [-0.25, -0.2) is 0 Å². The van der Waals surface area contributed by atoms with Crippen LogP contribution in [-0.2, 0) is 9.59 Å². The Hall–Kier alpha value is -3.14. The Bertz CT molecular complexity index is 955. The molecule has 1 aromatic heterocycles. The highest BCUT2D eigenvalue weighted by Crippen LogP contribution is 2.30. The molecule has 0 fully saturated rings. The largest absolute Gasteiger partial charge is 0.496 e. The van der Waals surface area contributed by atoms with Crippen molar-refractivity contribution in [1.29, 1.82) is 0 Å². The van der Waals surface area contributed by atoms with Crippen molar-refractivity contribution < 1.29 is 14.3 Å². The summed E-state index contributed by atoms with van der Waals surface area (Å²) in [5.41, 5.74) is 3.49. The molecule has 120 valence electrons. The lowest BCUT2D eigenvalue weighted by Crippen LogP contribution is -1.97. The lowest BCUT2D eigenvalue weighted by atomic mass is 10.1. The molecule has 0 bridgehead atoms. The summed E-state index contributed by atoms with van der Waals surface area (Å²) in [6, 6.07) is 12.6. The van der Waals surface area contributed by atoms with E-state index in [1.165, 1.54) is 46.1 Å². The zero-order valence-corrected chi connectivity index (χ0v) is 13.5. The molecule has 24 heavy (non-hydrogen) atoms. The Morgan fingerprint density at radius 2 is 1.46 bits per heavy atom. The number of ketones is 2. The maximum absolute atomic E-state index is 10.3. The van der Waals surface area contributed by atoms with Crippen LogP contribution in [0, 0.1) is 6.92 Å². The Kier molecular flexibility index (Phi) is 4.29. The van der Waals surface area contributed by atoms with E-state index in [1.807, 2.05) is 6.07 Å². The number of ether oxygens (including phenoxy) is 1. The minimum atomic E-state index is -0.121. The van der Waals surface area contributed by atoms with Gasteiger partial charge >= 0.3 is 0 Å². The lowest BCUT2D eigenvalue weighted by Gasteiger charge is -2.03. The van der Waals surface area contributed by atoms with Crippen molar-refractivity contribution in [2.45, 2.75) is 6.92 Å². The highest BCUT2D eigenvalue weighted by Gasteiger charge is 2.07. The Morgan fingerprint density at radius 1 is 0.833 bits per heavy atom. The summed E-state index contributed by atoms with van der Waals surface area (Å²) in [7, 11) is 1.71. The second kappa shape index (κ2) is 6.54. The fourth-order valence-corrected chi connectivity index (χ4v) is 2.65. The summed E-state index contributed by atoms with van der Waals surface area (Å²) in [4.78, 5) is 24.0. The number of benzene rings is 2. The first-order chi connectivity index (χ1) is 11.6. The van der Waals surface area contributed by atoms with Gasteiger partial charge in [0.2, 0.25) is 0 Å².